The average Bonchev–Trinajstić information content (AvgIpc) is 3.35. The number of aromatic nitrogens is 4. The fourth-order valence-electron chi connectivity index (χ4n) is 3.19. The van der Waals surface area contributed by atoms with Gasteiger partial charge in [-0.1, -0.05) is 30.3 Å². The fraction of sp³-hybridized carbons (Fsp3) is 0.167. The van der Waals surface area contributed by atoms with Gasteiger partial charge in [-0.25, -0.2) is 14.5 Å². The summed E-state index contributed by atoms with van der Waals surface area (Å²) in [7, 11) is 0. The maximum atomic E-state index is 12.5. The van der Waals surface area contributed by atoms with E-state index >= 15 is 0 Å². The number of anilines is 1. The Morgan fingerprint density at radius 3 is 2.39 bits per heavy atom. The number of hydrogen-bond donors (Lipinski definition) is 3. The molecule has 0 aliphatic rings. The molecule has 2 aromatic heterocycles. The number of benzene rings is 2. The lowest BCUT2D eigenvalue weighted by Crippen LogP contribution is -2.30. The van der Waals surface area contributed by atoms with Crippen molar-refractivity contribution in [1.29, 1.82) is 0 Å². The molecule has 1 amide bonds. The standard InChI is InChI=1S/C24H23N5O4/c1-14-15(2)26-22(25-14)17-9-11-18(12-10-17)24(32)33-16(3)23(31)27-20-13-21(30)29(28-20)19-7-5-4-6-8-19/h4-13,16,28H,1-3H3,(H,25,26)(H,27,31). The van der Waals surface area contributed by atoms with Crippen LogP contribution in [0.3, 0.4) is 0 Å². The van der Waals surface area contributed by atoms with E-state index in [1.165, 1.54) is 17.7 Å². The first-order chi connectivity index (χ1) is 15.8. The second-order valence-corrected chi connectivity index (χ2v) is 7.59. The number of imidazole rings is 1. The first kappa shape index (κ1) is 21.8. The Morgan fingerprint density at radius 1 is 1.06 bits per heavy atom. The monoisotopic (exact) mass is 445 g/mol. The molecule has 2 heterocycles. The highest BCUT2D eigenvalue weighted by Crippen LogP contribution is 2.19. The predicted octanol–water partition coefficient (Wildman–Crippen LogP) is 3.36. The summed E-state index contributed by atoms with van der Waals surface area (Å²) in [6.07, 6.45) is -1.07. The number of para-hydroxylation sites is 1. The molecule has 4 rings (SSSR count). The Labute approximate surface area is 189 Å². The number of ether oxygens (including phenoxy) is 1. The van der Waals surface area contributed by atoms with Crippen LogP contribution in [0.15, 0.2) is 65.5 Å². The lowest BCUT2D eigenvalue weighted by Gasteiger charge is -2.13. The summed E-state index contributed by atoms with van der Waals surface area (Å²) < 4.78 is 6.59. The van der Waals surface area contributed by atoms with Crippen LogP contribution in [0.2, 0.25) is 0 Å². The molecule has 0 spiro atoms. The number of hydrogen-bond acceptors (Lipinski definition) is 5. The van der Waals surface area contributed by atoms with E-state index in [9.17, 15) is 14.4 Å². The number of aromatic amines is 2. The van der Waals surface area contributed by atoms with E-state index in [0.717, 1.165) is 17.0 Å². The number of nitrogens with one attached hydrogen (secondary N) is 3. The van der Waals surface area contributed by atoms with Crippen molar-refractivity contribution >= 4 is 17.7 Å². The van der Waals surface area contributed by atoms with Crippen molar-refractivity contribution in [2.75, 3.05) is 5.32 Å². The molecule has 0 bridgehead atoms. The van der Waals surface area contributed by atoms with E-state index in [2.05, 4.69) is 20.4 Å². The van der Waals surface area contributed by atoms with Gasteiger partial charge in [-0.15, -0.1) is 0 Å². The smallest absolute Gasteiger partial charge is 0.338 e. The van der Waals surface area contributed by atoms with Gasteiger partial charge in [-0.3, -0.25) is 14.7 Å². The predicted molar refractivity (Wildman–Crippen MR) is 123 cm³/mol. The van der Waals surface area contributed by atoms with Gasteiger partial charge >= 0.3 is 5.97 Å². The Kier molecular flexibility index (Phi) is 5.95. The summed E-state index contributed by atoms with van der Waals surface area (Å²) in [6.45, 7) is 5.32. The van der Waals surface area contributed by atoms with Gasteiger partial charge in [0.1, 0.15) is 11.6 Å². The van der Waals surface area contributed by atoms with Crippen LogP contribution in [0.5, 0.6) is 0 Å². The van der Waals surface area contributed by atoms with Gasteiger partial charge in [0.2, 0.25) is 0 Å². The third-order valence-electron chi connectivity index (χ3n) is 5.17. The van der Waals surface area contributed by atoms with Crippen LogP contribution in [0.1, 0.15) is 28.7 Å². The zero-order valence-corrected chi connectivity index (χ0v) is 18.4. The maximum absolute atomic E-state index is 12.5. The van der Waals surface area contributed by atoms with Crippen molar-refractivity contribution < 1.29 is 14.3 Å². The highest BCUT2D eigenvalue weighted by atomic mass is 16.5. The summed E-state index contributed by atoms with van der Waals surface area (Å²) in [4.78, 5) is 44.8. The summed E-state index contributed by atoms with van der Waals surface area (Å²) in [5.41, 5.74) is 3.33. The van der Waals surface area contributed by atoms with Crippen LogP contribution in [0, 0.1) is 13.8 Å². The van der Waals surface area contributed by atoms with E-state index in [1.807, 2.05) is 19.9 Å². The molecule has 1 unspecified atom stereocenters. The molecular formula is C24H23N5O4. The summed E-state index contributed by atoms with van der Waals surface area (Å²) in [5, 5.41) is 5.38. The topological polar surface area (TPSA) is 122 Å². The van der Waals surface area contributed by atoms with E-state index < -0.39 is 18.0 Å². The van der Waals surface area contributed by atoms with E-state index in [0.29, 0.717) is 17.1 Å². The molecule has 0 saturated carbocycles. The van der Waals surface area contributed by atoms with Crippen LogP contribution >= 0.6 is 0 Å². The third kappa shape index (κ3) is 4.77. The van der Waals surface area contributed by atoms with Crippen LogP contribution in [-0.4, -0.2) is 37.7 Å². The zero-order valence-electron chi connectivity index (χ0n) is 18.4. The van der Waals surface area contributed by atoms with Crippen molar-refractivity contribution in [1.82, 2.24) is 19.7 Å². The highest BCUT2D eigenvalue weighted by Gasteiger charge is 2.20. The molecule has 0 saturated heterocycles. The van der Waals surface area contributed by atoms with Gasteiger partial charge in [0.25, 0.3) is 11.5 Å². The SMILES string of the molecule is Cc1nc(-c2ccc(C(=O)OC(C)C(=O)Nc3cc(=O)n(-c4ccccc4)[nH]3)cc2)[nH]c1C. The number of aryl methyl sites for hydroxylation is 2. The molecule has 9 heteroatoms. The largest absolute Gasteiger partial charge is 0.449 e. The van der Waals surface area contributed by atoms with E-state index in [4.69, 9.17) is 4.74 Å². The van der Waals surface area contributed by atoms with Crippen LogP contribution < -0.4 is 10.9 Å². The Balaban J connectivity index is 1.39. The van der Waals surface area contributed by atoms with Gasteiger partial charge in [0.05, 0.1) is 16.9 Å². The molecule has 4 aromatic rings. The number of amides is 1. The molecule has 0 aliphatic heterocycles. The van der Waals surface area contributed by atoms with Crippen molar-refractivity contribution in [2.45, 2.75) is 26.9 Å². The summed E-state index contributed by atoms with van der Waals surface area (Å²) in [5.74, 6) is -0.284. The molecule has 0 aliphatic carbocycles. The molecular weight excluding hydrogens is 422 g/mol. The number of H-pyrrole nitrogens is 2. The minimum absolute atomic E-state index is 0.199. The Bertz CT molecular complexity index is 1330. The molecule has 2 aromatic carbocycles. The molecule has 168 valence electrons. The minimum atomic E-state index is -1.07. The average molecular weight is 445 g/mol. The molecule has 9 nitrogen and oxygen atoms in total. The third-order valence-corrected chi connectivity index (χ3v) is 5.17. The van der Waals surface area contributed by atoms with Gasteiger partial charge in [0.15, 0.2) is 6.10 Å². The second-order valence-electron chi connectivity index (χ2n) is 7.59. The van der Waals surface area contributed by atoms with Crippen LogP contribution in [0.4, 0.5) is 5.82 Å². The Hall–Kier alpha value is -4.40. The van der Waals surface area contributed by atoms with Gasteiger partial charge in [-0.2, -0.15) is 0 Å². The first-order valence-electron chi connectivity index (χ1n) is 10.3. The van der Waals surface area contributed by atoms with Crippen molar-refractivity contribution in [2.24, 2.45) is 0 Å². The summed E-state index contributed by atoms with van der Waals surface area (Å²) >= 11 is 0. The summed E-state index contributed by atoms with van der Waals surface area (Å²) in [6, 6.07) is 17.0. The lowest BCUT2D eigenvalue weighted by molar-refractivity contribution is -0.123. The van der Waals surface area contributed by atoms with Crippen LogP contribution in [-0.2, 0) is 9.53 Å². The second kappa shape index (κ2) is 8.99. The molecule has 0 radical (unpaired) electrons. The van der Waals surface area contributed by atoms with Crippen molar-refractivity contribution in [3.8, 4) is 17.1 Å². The number of nitrogens with zero attached hydrogens (tertiary/aromatic N) is 2. The van der Waals surface area contributed by atoms with Gasteiger partial charge in [-0.05, 0) is 45.0 Å². The van der Waals surface area contributed by atoms with Crippen molar-refractivity contribution in [3.63, 3.8) is 0 Å². The number of carbonyl (C=O) groups excluding carboxylic acids is 2. The number of rotatable bonds is 6. The van der Waals surface area contributed by atoms with E-state index in [-0.39, 0.29) is 11.4 Å². The highest BCUT2D eigenvalue weighted by molar-refractivity contribution is 5.97. The maximum Gasteiger partial charge on any atom is 0.338 e. The number of esters is 1. The van der Waals surface area contributed by atoms with Crippen molar-refractivity contribution in [3.05, 3.63) is 88.0 Å². The quantitative estimate of drug-likeness (QED) is 0.393. The van der Waals surface area contributed by atoms with Gasteiger partial charge < -0.3 is 15.0 Å². The zero-order chi connectivity index (χ0) is 23.5. The van der Waals surface area contributed by atoms with Gasteiger partial charge in [0, 0.05) is 17.3 Å². The molecule has 3 N–H and O–H groups in total. The lowest BCUT2D eigenvalue weighted by atomic mass is 10.1. The molecule has 33 heavy (non-hydrogen) atoms. The molecule has 1 atom stereocenters. The molecule has 0 fully saturated rings. The number of carbonyl (C=O) groups is 2. The normalized spacial score (nSPS) is 11.7. The van der Waals surface area contributed by atoms with Crippen LogP contribution in [0.25, 0.3) is 17.1 Å². The fourth-order valence-corrected chi connectivity index (χ4v) is 3.19. The first-order valence-corrected chi connectivity index (χ1v) is 10.3. The Morgan fingerprint density at radius 2 is 1.76 bits per heavy atom. The minimum Gasteiger partial charge on any atom is -0.449 e. The van der Waals surface area contributed by atoms with E-state index in [1.54, 1.807) is 48.5 Å².